The van der Waals surface area contributed by atoms with Gasteiger partial charge in [0.1, 0.15) is 11.2 Å². The highest BCUT2D eigenvalue weighted by molar-refractivity contribution is 7.09. The van der Waals surface area contributed by atoms with Crippen LogP contribution >= 0.6 is 11.3 Å². The van der Waals surface area contributed by atoms with Gasteiger partial charge in [0.15, 0.2) is 6.10 Å². The number of hydrogen-bond acceptors (Lipinski definition) is 5. The van der Waals surface area contributed by atoms with E-state index in [1.54, 1.807) is 11.6 Å². The number of carbonyl (C=O) groups excluding carboxylic acids is 2. The van der Waals surface area contributed by atoms with E-state index in [1.807, 2.05) is 0 Å². The predicted molar refractivity (Wildman–Crippen MR) is 61.0 cm³/mol. The summed E-state index contributed by atoms with van der Waals surface area (Å²) in [6.07, 6.45) is 2.11. The minimum atomic E-state index is -1.23. The minimum absolute atomic E-state index is 0.311. The summed E-state index contributed by atoms with van der Waals surface area (Å²) in [5.74, 6) is -0.406. The first-order valence-corrected chi connectivity index (χ1v) is 6.19. The van der Waals surface area contributed by atoms with Crippen molar-refractivity contribution < 1.29 is 14.7 Å². The van der Waals surface area contributed by atoms with Crippen LogP contribution in [0.2, 0.25) is 0 Å². The molecule has 0 radical (unpaired) electrons. The van der Waals surface area contributed by atoms with Crippen LogP contribution < -0.4 is 5.32 Å². The first-order chi connectivity index (χ1) is 8.24. The highest BCUT2D eigenvalue weighted by Gasteiger charge is 2.33. The van der Waals surface area contributed by atoms with Gasteiger partial charge in [0, 0.05) is 18.1 Å². The fourth-order valence-electron chi connectivity index (χ4n) is 1.91. The van der Waals surface area contributed by atoms with E-state index < -0.39 is 12.0 Å². The number of aliphatic hydroxyl groups is 1. The van der Waals surface area contributed by atoms with Gasteiger partial charge >= 0.3 is 0 Å². The summed E-state index contributed by atoms with van der Waals surface area (Å²) in [6, 6.07) is 0. The topological polar surface area (TPSA) is 82.5 Å². The number of aliphatic hydroxyl groups excluding tert-OH is 1. The second-order valence-electron chi connectivity index (χ2n) is 3.75. The Morgan fingerprint density at radius 2 is 2.59 bits per heavy atom. The third kappa shape index (κ3) is 2.45. The number of hydrogen-bond donors (Lipinski definition) is 2. The van der Waals surface area contributed by atoms with Crippen molar-refractivity contribution >= 4 is 23.7 Å². The van der Waals surface area contributed by atoms with Crippen LogP contribution in [0.3, 0.4) is 0 Å². The Balaban J connectivity index is 2.06. The average molecular weight is 255 g/mol. The summed E-state index contributed by atoms with van der Waals surface area (Å²) in [6.45, 7) is 0.548. The second-order valence-corrected chi connectivity index (χ2v) is 4.67. The summed E-state index contributed by atoms with van der Waals surface area (Å²) in [5.41, 5.74) is 0. The fourth-order valence-corrected chi connectivity index (χ4v) is 2.53. The number of nitrogens with zero attached hydrogens (tertiary/aromatic N) is 2. The van der Waals surface area contributed by atoms with Crippen molar-refractivity contribution in [1.82, 2.24) is 15.2 Å². The van der Waals surface area contributed by atoms with Crippen LogP contribution in [0.1, 0.15) is 24.0 Å². The lowest BCUT2D eigenvalue weighted by Crippen LogP contribution is -2.46. The zero-order valence-electron chi connectivity index (χ0n) is 9.07. The lowest BCUT2D eigenvalue weighted by molar-refractivity contribution is -0.142. The van der Waals surface area contributed by atoms with E-state index >= 15 is 0 Å². The molecule has 1 aromatic heterocycles. The molecule has 0 saturated carbocycles. The van der Waals surface area contributed by atoms with Crippen molar-refractivity contribution in [3.63, 3.8) is 0 Å². The maximum absolute atomic E-state index is 12.0. The van der Waals surface area contributed by atoms with Gasteiger partial charge < -0.3 is 15.3 Å². The molecular formula is C10H13N3O3S. The lowest BCUT2D eigenvalue weighted by atomic mass is 10.3. The second kappa shape index (κ2) is 5.24. The standard InChI is InChI=1S/C10H13N3O3S/c14-6-12-7-2-1-4-13(7)10(16)8(15)9-11-3-5-17-9/h3,5-8,15H,1-2,4H2,(H,12,14). The van der Waals surface area contributed by atoms with Crippen LogP contribution in [0.15, 0.2) is 11.6 Å². The summed E-state index contributed by atoms with van der Waals surface area (Å²) >= 11 is 1.23. The predicted octanol–water partition coefficient (Wildman–Crippen LogP) is -0.129. The monoisotopic (exact) mass is 255 g/mol. The van der Waals surface area contributed by atoms with E-state index in [2.05, 4.69) is 10.3 Å². The highest BCUT2D eigenvalue weighted by Crippen LogP contribution is 2.23. The normalized spacial score (nSPS) is 21.2. The van der Waals surface area contributed by atoms with E-state index in [9.17, 15) is 14.7 Å². The van der Waals surface area contributed by atoms with E-state index in [-0.39, 0.29) is 6.17 Å². The number of amides is 2. The van der Waals surface area contributed by atoms with Gasteiger partial charge in [-0.05, 0) is 12.8 Å². The Labute approximate surface area is 102 Å². The molecule has 1 aliphatic heterocycles. The molecule has 2 amide bonds. The van der Waals surface area contributed by atoms with Crippen molar-refractivity contribution in [3.05, 3.63) is 16.6 Å². The smallest absolute Gasteiger partial charge is 0.260 e. The van der Waals surface area contributed by atoms with Gasteiger partial charge in [-0.2, -0.15) is 0 Å². The molecule has 0 aromatic carbocycles. The molecule has 92 valence electrons. The Morgan fingerprint density at radius 3 is 3.24 bits per heavy atom. The van der Waals surface area contributed by atoms with E-state index in [0.717, 1.165) is 12.8 Å². The van der Waals surface area contributed by atoms with Crippen molar-refractivity contribution in [2.75, 3.05) is 6.54 Å². The van der Waals surface area contributed by atoms with Gasteiger partial charge in [0.05, 0.1) is 0 Å². The molecule has 2 rings (SSSR count). The number of rotatable bonds is 4. The van der Waals surface area contributed by atoms with E-state index in [0.29, 0.717) is 18.0 Å². The SMILES string of the molecule is O=CNC1CCCN1C(=O)C(O)c1nccs1. The molecule has 2 heterocycles. The molecule has 6 nitrogen and oxygen atoms in total. The maximum Gasteiger partial charge on any atom is 0.260 e. The van der Waals surface area contributed by atoms with Crippen LogP contribution in [-0.2, 0) is 9.59 Å². The van der Waals surface area contributed by atoms with Crippen LogP contribution in [0.5, 0.6) is 0 Å². The van der Waals surface area contributed by atoms with Gasteiger partial charge in [0.2, 0.25) is 6.41 Å². The quantitative estimate of drug-likeness (QED) is 0.734. The van der Waals surface area contributed by atoms with Crippen LogP contribution in [0.25, 0.3) is 0 Å². The first-order valence-electron chi connectivity index (χ1n) is 5.31. The van der Waals surface area contributed by atoms with Crippen LogP contribution in [0.4, 0.5) is 0 Å². The zero-order valence-corrected chi connectivity index (χ0v) is 9.89. The van der Waals surface area contributed by atoms with Crippen molar-refractivity contribution in [2.24, 2.45) is 0 Å². The van der Waals surface area contributed by atoms with Gasteiger partial charge in [-0.1, -0.05) is 0 Å². The average Bonchev–Trinajstić information content (AvgIpc) is 2.98. The fraction of sp³-hybridized carbons (Fsp3) is 0.500. The van der Waals surface area contributed by atoms with Gasteiger partial charge in [0.25, 0.3) is 5.91 Å². The number of likely N-dealkylation sites (tertiary alicyclic amines) is 1. The maximum atomic E-state index is 12.0. The van der Waals surface area contributed by atoms with Gasteiger partial charge in [-0.15, -0.1) is 11.3 Å². The molecule has 1 aliphatic rings. The Morgan fingerprint density at radius 1 is 1.76 bits per heavy atom. The minimum Gasteiger partial charge on any atom is -0.376 e. The van der Waals surface area contributed by atoms with Crippen molar-refractivity contribution in [1.29, 1.82) is 0 Å². The molecule has 2 N–H and O–H groups in total. The van der Waals surface area contributed by atoms with Gasteiger partial charge in [-0.25, -0.2) is 4.98 Å². The number of nitrogens with one attached hydrogen (secondary N) is 1. The Hall–Kier alpha value is -1.47. The number of carbonyl (C=O) groups is 2. The summed E-state index contributed by atoms with van der Waals surface area (Å²) < 4.78 is 0. The van der Waals surface area contributed by atoms with E-state index in [4.69, 9.17) is 0 Å². The first kappa shape index (κ1) is 12.0. The summed E-state index contributed by atoms with van der Waals surface area (Å²) in [7, 11) is 0. The number of thiazole rings is 1. The molecule has 0 spiro atoms. The Kier molecular flexibility index (Phi) is 3.70. The molecule has 7 heteroatoms. The molecule has 1 fully saturated rings. The summed E-state index contributed by atoms with van der Waals surface area (Å²) in [5, 5.41) is 14.5. The van der Waals surface area contributed by atoms with Gasteiger partial charge in [-0.3, -0.25) is 9.59 Å². The summed E-state index contributed by atoms with van der Waals surface area (Å²) in [4.78, 5) is 27.8. The van der Waals surface area contributed by atoms with E-state index in [1.165, 1.54) is 16.2 Å². The largest absolute Gasteiger partial charge is 0.376 e. The molecule has 1 aromatic rings. The zero-order chi connectivity index (χ0) is 12.3. The van der Waals surface area contributed by atoms with Crippen molar-refractivity contribution in [3.8, 4) is 0 Å². The lowest BCUT2D eigenvalue weighted by Gasteiger charge is -2.25. The molecule has 1 saturated heterocycles. The highest BCUT2D eigenvalue weighted by atomic mass is 32.1. The molecule has 2 atom stereocenters. The molecule has 17 heavy (non-hydrogen) atoms. The third-order valence-corrected chi connectivity index (χ3v) is 3.54. The third-order valence-electron chi connectivity index (χ3n) is 2.72. The number of aromatic nitrogens is 1. The Bertz CT molecular complexity index is 396. The van der Waals surface area contributed by atoms with Crippen LogP contribution in [-0.4, -0.2) is 40.0 Å². The molecule has 2 unspecified atom stereocenters. The molecule has 0 bridgehead atoms. The molecule has 0 aliphatic carbocycles. The van der Waals surface area contributed by atoms with Crippen molar-refractivity contribution in [2.45, 2.75) is 25.1 Å². The molecular weight excluding hydrogens is 242 g/mol. The van der Waals surface area contributed by atoms with Crippen LogP contribution in [0, 0.1) is 0 Å².